The fourth-order valence-corrected chi connectivity index (χ4v) is 2.14. The summed E-state index contributed by atoms with van der Waals surface area (Å²) in [5.74, 6) is 0.328. The molecule has 0 fully saturated rings. The Kier molecular flexibility index (Phi) is 3.64. The van der Waals surface area contributed by atoms with Gasteiger partial charge in [0.2, 0.25) is 5.91 Å². The lowest BCUT2D eigenvalue weighted by Crippen LogP contribution is -2.36. The molecule has 0 saturated carbocycles. The highest BCUT2D eigenvalue weighted by molar-refractivity contribution is 5.96. The van der Waals surface area contributed by atoms with Crippen molar-refractivity contribution in [2.24, 2.45) is 0 Å². The van der Waals surface area contributed by atoms with Gasteiger partial charge >= 0.3 is 0 Å². The molecular formula is C13H17NO3. The molecule has 2 rings (SSSR count). The van der Waals surface area contributed by atoms with Gasteiger partial charge in [-0.25, -0.2) is 0 Å². The van der Waals surface area contributed by atoms with E-state index in [1.807, 2.05) is 6.07 Å². The molecule has 92 valence electrons. The van der Waals surface area contributed by atoms with Crippen molar-refractivity contribution in [1.29, 1.82) is 0 Å². The van der Waals surface area contributed by atoms with Gasteiger partial charge in [-0.2, -0.15) is 0 Å². The third-order valence-electron chi connectivity index (χ3n) is 3.00. The summed E-state index contributed by atoms with van der Waals surface area (Å²) in [4.78, 5) is 13.6. The highest BCUT2D eigenvalue weighted by atomic mass is 16.5. The van der Waals surface area contributed by atoms with Gasteiger partial charge in [-0.1, -0.05) is 6.07 Å². The Bertz CT molecular complexity index is 417. The molecule has 0 radical (unpaired) electrons. The molecule has 1 amide bonds. The molecule has 1 heterocycles. The Hall–Kier alpha value is -1.55. The van der Waals surface area contributed by atoms with Crippen molar-refractivity contribution in [3.8, 4) is 5.75 Å². The van der Waals surface area contributed by atoms with E-state index in [0.29, 0.717) is 19.6 Å². The van der Waals surface area contributed by atoms with Crippen molar-refractivity contribution in [3.63, 3.8) is 0 Å². The van der Waals surface area contributed by atoms with E-state index in [1.165, 1.54) is 0 Å². The molecule has 0 atom stereocenters. The first kappa shape index (κ1) is 11.9. The van der Waals surface area contributed by atoms with Crippen LogP contribution in [-0.4, -0.2) is 31.3 Å². The third kappa shape index (κ3) is 2.58. The summed E-state index contributed by atoms with van der Waals surface area (Å²) in [6, 6.07) is 5.22. The first-order chi connectivity index (χ1) is 8.22. The molecule has 17 heavy (non-hydrogen) atoms. The lowest BCUT2D eigenvalue weighted by molar-refractivity contribution is -0.118. The maximum absolute atomic E-state index is 11.9. The molecule has 1 aromatic carbocycles. The predicted octanol–water partition coefficient (Wildman–Crippen LogP) is 1.71. The third-order valence-corrected chi connectivity index (χ3v) is 3.00. The molecule has 0 aliphatic carbocycles. The van der Waals surface area contributed by atoms with Gasteiger partial charge in [0.25, 0.3) is 0 Å². The summed E-state index contributed by atoms with van der Waals surface area (Å²) in [5, 5.41) is 9.50. The van der Waals surface area contributed by atoms with Gasteiger partial charge in [0.1, 0.15) is 5.75 Å². The number of fused-ring (bicyclic) bond motifs is 1. The lowest BCUT2D eigenvalue weighted by Gasteiger charge is -2.29. The number of hydrogen-bond acceptors (Lipinski definition) is 3. The number of rotatable bonds is 4. The van der Waals surface area contributed by atoms with Crippen LogP contribution < -0.4 is 4.90 Å². The number of phenolic OH excluding ortho intramolecular Hbond substituents is 1. The fourth-order valence-electron chi connectivity index (χ4n) is 2.14. The molecule has 0 bridgehead atoms. The number of carbonyl (C=O) groups is 1. The van der Waals surface area contributed by atoms with E-state index in [2.05, 4.69) is 0 Å². The van der Waals surface area contributed by atoms with Gasteiger partial charge in [-0.3, -0.25) is 4.79 Å². The highest BCUT2D eigenvalue weighted by Gasteiger charge is 2.23. The number of anilines is 1. The second-order valence-electron chi connectivity index (χ2n) is 4.20. The fraction of sp³-hybridized carbons (Fsp3) is 0.462. The quantitative estimate of drug-likeness (QED) is 0.808. The normalized spacial score (nSPS) is 14.9. The van der Waals surface area contributed by atoms with Crippen molar-refractivity contribution in [2.45, 2.75) is 19.3 Å². The van der Waals surface area contributed by atoms with Crippen LogP contribution in [0, 0.1) is 0 Å². The van der Waals surface area contributed by atoms with Crippen molar-refractivity contribution < 1.29 is 14.6 Å². The van der Waals surface area contributed by atoms with Crippen molar-refractivity contribution in [1.82, 2.24) is 0 Å². The average Bonchev–Trinajstić information content (AvgIpc) is 2.32. The minimum Gasteiger partial charge on any atom is -0.508 e. The van der Waals surface area contributed by atoms with Crippen LogP contribution in [0.1, 0.15) is 18.4 Å². The molecule has 0 unspecified atom stereocenters. The van der Waals surface area contributed by atoms with Crippen LogP contribution in [0.2, 0.25) is 0 Å². The van der Waals surface area contributed by atoms with Gasteiger partial charge in [0.15, 0.2) is 0 Å². The van der Waals surface area contributed by atoms with E-state index in [9.17, 15) is 9.90 Å². The largest absolute Gasteiger partial charge is 0.508 e. The predicted molar refractivity (Wildman–Crippen MR) is 65.3 cm³/mol. The first-order valence-electron chi connectivity index (χ1n) is 5.83. The van der Waals surface area contributed by atoms with E-state index in [-0.39, 0.29) is 11.7 Å². The summed E-state index contributed by atoms with van der Waals surface area (Å²) in [5.41, 5.74) is 1.97. The number of nitrogens with zero attached hydrogens (tertiary/aromatic N) is 1. The first-order valence-corrected chi connectivity index (χ1v) is 5.83. The number of hydrogen-bond donors (Lipinski definition) is 1. The zero-order valence-electron chi connectivity index (χ0n) is 9.98. The number of methoxy groups -OCH3 is 1. The molecule has 0 spiro atoms. The summed E-state index contributed by atoms with van der Waals surface area (Å²) in [7, 11) is 1.65. The Labute approximate surface area is 101 Å². The van der Waals surface area contributed by atoms with E-state index < -0.39 is 0 Å². The van der Waals surface area contributed by atoms with Crippen LogP contribution in [0.3, 0.4) is 0 Å². The Morgan fingerprint density at radius 2 is 2.24 bits per heavy atom. The summed E-state index contributed by atoms with van der Waals surface area (Å²) < 4.78 is 4.99. The van der Waals surface area contributed by atoms with Crippen molar-refractivity contribution in [3.05, 3.63) is 23.8 Å². The molecular weight excluding hydrogens is 218 g/mol. The second kappa shape index (κ2) is 5.19. The van der Waals surface area contributed by atoms with Crippen LogP contribution in [-0.2, 0) is 16.0 Å². The van der Waals surface area contributed by atoms with Gasteiger partial charge in [-0.05, 0) is 24.5 Å². The van der Waals surface area contributed by atoms with E-state index in [1.54, 1.807) is 24.1 Å². The van der Waals surface area contributed by atoms with Crippen LogP contribution >= 0.6 is 0 Å². The number of amides is 1. The minimum absolute atomic E-state index is 0.124. The molecule has 4 heteroatoms. The molecule has 4 nitrogen and oxygen atoms in total. The van der Waals surface area contributed by atoms with Crippen LogP contribution in [0.15, 0.2) is 18.2 Å². The van der Waals surface area contributed by atoms with Gasteiger partial charge < -0.3 is 14.7 Å². The zero-order chi connectivity index (χ0) is 12.3. The number of aromatic hydroxyl groups is 1. The maximum Gasteiger partial charge on any atom is 0.227 e. The van der Waals surface area contributed by atoms with Crippen LogP contribution in [0.4, 0.5) is 5.69 Å². The van der Waals surface area contributed by atoms with Gasteiger partial charge in [0.05, 0.1) is 5.69 Å². The molecule has 0 aromatic heterocycles. The van der Waals surface area contributed by atoms with Crippen LogP contribution in [0.25, 0.3) is 0 Å². The molecule has 0 saturated heterocycles. The zero-order valence-corrected chi connectivity index (χ0v) is 9.98. The van der Waals surface area contributed by atoms with E-state index in [0.717, 1.165) is 24.1 Å². The number of phenols is 1. The second-order valence-corrected chi connectivity index (χ2v) is 4.20. The Morgan fingerprint density at radius 1 is 1.41 bits per heavy atom. The number of carbonyl (C=O) groups excluding carboxylic acids is 1. The minimum atomic E-state index is 0.124. The maximum atomic E-state index is 11.9. The molecule has 1 aliphatic rings. The lowest BCUT2D eigenvalue weighted by atomic mass is 10.0. The van der Waals surface area contributed by atoms with Crippen LogP contribution in [0.5, 0.6) is 5.75 Å². The Balaban J connectivity index is 2.20. The smallest absolute Gasteiger partial charge is 0.227 e. The van der Waals surface area contributed by atoms with E-state index in [4.69, 9.17) is 4.74 Å². The summed E-state index contributed by atoms with van der Waals surface area (Å²) in [6.07, 6.45) is 2.11. The van der Waals surface area contributed by atoms with Crippen molar-refractivity contribution >= 4 is 11.6 Å². The number of ether oxygens (including phenoxy) is 1. The molecule has 1 aromatic rings. The number of benzene rings is 1. The van der Waals surface area contributed by atoms with Gasteiger partial charge in [-0.15, -0.1) is 0 Å². The summed E-state index contributed by atoms with van der Waals surface area (Å²) in [6.45, 7) is 1.28. The van der Waals surface area contributed by atoms with Gasteiger partial charge in [0, 0.05) is 32.7 Å². The molecule has 1 N–H and O–H groups in total. The average molecular weight is 235 g/mol. The SMILES string of the molecule is COCCCN1C(=O)CCc2ccc(O)cc21. The van der Waals surface area contributed by atoms with E-state index >= 15 is 0 Å². The summed E-state index contributed by atoms with van der Waals surface area (Å²) >= 11 is 0. The molecule has 1 aliphatic heterocycles. The Morgan fingerprint density at radius 3 is 3.00 bits per heavy atom. The van der Waals surface area contributed by atoms with Crippen molar-refractivity contribution in [2.75, 3.05) is 25.2 Å². The standard InChI is InChI=1S/C13H17NO3/c1-17-8-2-7-14-12-9-11(15)5-3-10(12)4-6-13(14)16/h3,5,9,15H,2,4,6-8H2,1H3. The number of aryl methyl sites for hydroxylation is 1. The highest BCUT2D eigenvalue weighted by Crippen LogP contribution is 2.31. The monoisotopic (exact) mass is 235 g/mol. The topological polar surface area (TPSA) is 49.8 Å².